The fourth-order valence-corrected chi connectivity index (χ4v) is 6.84. The molecule has 3 heterocycles. The van der Waals surface area contributed by atoms with E-state index in [2.05, 4.69) is 44.4 Å². The number of aliphatic hydroxyl groups excluding tert-OH is 1. The summed E-state index contributed by atoms with van der Waals surface area (Å²) in [6, 6.07) is 10.8. The molecule has 2 aliphatic carbocycles. The molecule has 8 heteroatoms. The van der Waals surface area contributed by atoms with E-state index >= 15 is 0 Å². The van der Waals surface area contributed by atoms with Gasteiger partial charge >= 0.3 is 0 Å². The summed E-state index contributed by atoms with van der Waals surface area (Å²) in [7, 11) is 0. The van der Waals surface area contributed by atoms with Crippen LogP contribution in [0.15, 0.2) is 36.5 Å². The third-order valence-corrected chi connectivity index (χ3v) is 9.26. The number of aromatic nitrogens is 1. The maximum absolute atomic E-state index is 13.0. The summed E-state index contributed by atoms with van der Waals surface area (Å²) in [6.07, 6.45) is 7.04. The van der Waals surface area contributed by atoms with E-state index in [9.17, 15) is 9.90 Å². The predicted molar refractivity (Wildman–Crippen MR) is 148 cm³/mol. The topological polar surface area (TPSA) is 104 Å². The molecule has 4 aliphatic rings. The second kappa shape index (κ2) is 10.9. The molecule has 2 aliphatic heterocycles. The van der Waals surface area contributed by atoms with E-state index in [4.69, 9.17) is 10.5 Å². The number of ether oxygens (including phenoxy) is 1. The highest BCUT2D eigenvalue weighted by Crippen LogP contribution is 2.59. The number of nitrogen functional groups attached to an aromatic ring is 1. The number of piperidine rings is 1. The molecule has 0 bridgehead atoms. The third-order valence-electron chi connectivity index (χ3n) is 9.26. The maximum Gasteiger partial charge on any atom is 0.255 e. The fraction of sp³-hybridized carbons (Fsp3) is 0.600. The third kappa shape index (κ3) is 5.45. The number of amides is 1. The molecule has 8 nitrogen and oxygen atoms in total. The van der Waals surface area contributed by atoms with Crippen LogP contribution in [-0.2, 0) is 10.2 Å². The van der Waals surface area contributed by atoms with Crippen molar-refractivity contribution in [3.63, 3.8) is 0 Å². The summed E-state index contributed by atoms with van der Waals surface area (Å²) in [5.74, 6) is 0.832. The van der Waals surface area contributed by atoms with Crippen LogP contribution in [0.25, 0.3) is 11.1 Å². The number of aliphatic hydroxyl groups is 1. The van der Waals surface area contributed by atoms with Gasteiger partial charge in [-0.3, -0.25) is 9.69 Å². The molecule has 2 atom stereocenters. The zero-order valence-corrected chi connectivity index (χ0v) is 22.3. The highest BCUT2D eigenvalue weighted by atomic mass is 16.5. The number of rotatable bonds is 8. The van der Waals surface area contributed by atoms with Crippen molar-refractivity contribution in [1.29, 1.82) is 0 Å². The summed E-state index contributed by atoms with van der Waals surface area (Å²) >= 11 is 0. The Morgan fingerprint density at radius 3 is 2.58 bits per heavy atom. The predicted octanol–water partition coefficient (Wildman–Crippen LogP) is 2.66. The Kier molecular flexibility index (Phi) is 7.40. The smallest absolute Gasteiger partial charge is 0.255 e. The molecule has 4 N–H and O–H groups in total. The standard InChI is InChI=1S/C30H41N5O3/c31-28-27(29(37)33-25-6-8-26(36)9-7-25)16-22(18-32-28)21-2-4-23(5-3-21)30-17-24(30)19-35(20-30)11-1-10-34-12-14-38-15-13-34/h2-5,16,18,24-26,36H,1,6-15,17,19-20H2,(H2,31,32)(H,33,37). The molecule has 1 aromatic carbocycles. The second-order valence-corrected chi connectivity index (χ2v) is 11.8. The van der Waals surface area contributed by atoms with Crippen molar-refractivity contribution in [1.82, 2.24) is 20.1 Å². The van der Waals surface area contributed by atoms with Crippen LogP contribution in [0, 0.1) is 5.92 Å². The molecule has 38 heavy (non-hydrogen) atoms. The number of carbonyl (C=O) groups excluding carboxylic acids is 1. The number of carbonyl (C=O) groups is 1. The van der Waals surface area contributed by atoms with Gasteiger partial charge in [-0.25, -0.2) is 4.98 Å². The van der Waals surface area contributed by atoms with Crippen LogP contribution >= 0.6 is 0 Å². The maximum atomic E-state index is 13.0. The molecule has 1 amide bonds. The SMILES string of the molecule is Nc1ncc(-c2ccc(C34CC3CN(CCCN3CCOCC3)C4)cc2)cc1C(=O)NC1CCC(O)CC1. The van der Waals surface area contributed by atoms with Gasteiger partial charge in [-0.2, -0.15) is 0 Å². The number of fused-ring (bicyclic) bond motifs is 1. The lowest BCUT2D eigenvalue weighted by molar-refractivity contribution is 0.0362. The summed E-state index contributed by atoms with van der Waals surface area (Å²) < 4.78 is 5.46. The van der Waals surface area contributed by atoms with Gasteiger partial charge in [0.1, 0.15) is 5.82 Å². The zero-order chi connectivity index (χ0) is 26.1. The first-order valence-corrected chi connectivity index (χ1v) is 14.4. The minimum absolute atomic E-state index is 0.0735. The number of pyridine rings is 1. The first-order chi connectivity index (χ1) is 18.5. The summed E-state index contributed by atoms with van der Waals surface area (Å²) in [5, 5.41) is 12.8. The van der Waals surface area contributed by atoms with Crippen molar-refractivity contribution in [2.75, 3.05) is 58.2 Å². The highest BCUT2D eigenvalue weighted by Gasteiger charge is 2.60. The largest absolute Gasteiger partial charge is 0.393 e. The Morgan fingerprint density at radius 2 is 1.82 bits per heavy atom. The average molecular weight is 520 g/mol. The van der Waals surface area contributed by atoms with Crippen molar-refractivity contribution in [3.8, 4) is 11.1 Å². The molecule has 2 saturated carbocycles. The summed E-state index contributed by atoms with van der Waals surface area (Å²) in [4.78, 5) is 22.5. The van der Waals surface area contributed by atoms with Crippen LogP contribution in [0.4, 0.5) is 5.82 Å². The van der Waals surface area contributed by atoms with E-state index in [1.54, 1.807) is 6.20 Å². The van der Waals surface area contributed by atoms with Crippen molar-refractivity contribution < 1.29 is 14.6 Å². The number of morpholine rings is 1. The van der Waals surface area contributed by atoms with Crippen LogP contribution < -0.4 is 11.1 Å². The van der Waals surface area contributed by atoms with Gasteiger partial charge in [-0.15, -0.1) is 0 Å². The fourth-order valence-electron chi connectivity index (χ4n) is 6.84. The Hall–Kier alpha value is -2.52. The summed E-state index contributed by atoms with van der Waals surface area (Å²) in [5.41, 5.74) is 10.2. The van der Waals surface area contributed by atoms with E-state index < -0.39 is 0 Å². The first kappa shape index (κ1) is 25.7. The monoisotopic (exact) mass is 519 g/mol. The van der Waals surface area contributed by atoms with Crippen LogP contribution in [0.1, 0.15) is 54.4 Å². The molecule has 0 spiro atoms. The normalized spacial score (nSPS) is 29.7. The van der Waals surface area contributed by atoms with Gasteiger partial charge in [-0.1, -0.05) is 24.3 Å². The number of nitrogens with one attached hydrogen (secondary N) is 1. The van der Waals surface area contributed by atoms with Gasteiger partial charge in [0.15, 0.2) is 0 Å². The van der Waals surface area contributed by atoms with Gasteiger partial charge in [0.2, 0.25) is 0 Å². The Morgan fingerprint density at radius 1 is 1.08 bits per heavy atom. The first-order valence-electron chi connectivity index (χ1n) is 14.4. The second-order valence-electron chi connectivity index (χ2n) is 11.8. The lowest BCUT2D eigenvalue weighted by Gasteiger charge is -2.28. The number of anilines is 1. The van der Waals surface area contributed by atoms with Crippen molar-refractivity contribution in [2.45, 2.75) is 56.1 Å². The lowest BCUT2D eigenvalue weighted by Crippen LogP contribution is -2.38. The van der Waals surface area contributed by atoms with E-state index in [0.717, 1.165) is 75.6 Å². The van der Waals surface area contributed by atoms with Crippen LogP contribution in [0.2, 0.25) is 0 Å². The lowest BCUT2D eigenvalue weighted by atomic mass is 9.92. The number of benzene rings is 1. The van der Waals surface area contributed by atoms with Gasteiger partial charge in [0, 0.05) is 49.4 Å². The summed E-state index contributed by atoms with van der Waals surface area (Å²) in [6.45, 7) is 8.61. The zero-order valence-electron chi connectivity index (χ0n) is 22.3. The molecule has 1 aromatic heterocycles. The van der Waals surface area contributed by atoms with E-state index in [0.29, 0.717) is 11.0 Å². The number of nitrogens with two attached hydrogens (primary N) is 1. The molecule has 0 radical (unpaired) electrons. The number of hydrogen-bond donors (Lipinski definition) is 3. The van der Waals surface area contributed by atoms with E-state index in [1.165, 1.54) is 38.0 Å². The Balaban J connectivity index is 1.06. The van der Waals surface area contributed by atoms with Crippen molar-refractivity contribution >= 4 is 11.7 Å². The van der Waals surface area contributed by atoms with Crippen molar-refractivity contribution in [3.05, 3.63) is 47.7 Å². The van der Waals surface area contributed by atoms with Gasteiger partial charge in [0.05, 0.1) is 24.9 Å². The van der Waals surface area contributed by atoms with Gasteiger partial charge in [0.25, 0.3) is 5.91 Å². The Bertz CT molecular complexity index is 1130. The number of hydrogen-bond acceptors (Lipinski definition) is 7. The highest BCUT2D eigenvalue weighted by molar-refractivity contribution is 5.99. The molecule has 204 valence electrons. The molecule has 2 aromatic rings. The van der Waals surface area contributed by atoms with Crippen LogP contribution in [0.5, 0.6) is 0 Å². The van der Waals surface area contributed by atoms with Gasteiger partial charge < -0.3 is 25.8 Å². The molecule has 4 fully saturated rings. The molecule has 2 unspecified atom stereocenters. The molecule has 2 saturated heterocycles. The average Bonchev–Trinajstić information content (AvgIpc) is 3.51. The van der Waals surface area contributed by atoms with Crippen LogP contribution in [0.3, 0.4) is 0 Å². The van der Waals surface area contributed by atoms with E-state index in [1.807, 2.05) is 6.07 Å². The van der Waals surface area contributed by atoms with E-state index in [-0.39, 0.29) is 23.9 Å². The van der Waals surface area contributed by atoms with Gasteiger partial charge in [-0.05, 0) is 74.7 Å². The quantitative estimate of drug-likeness (QED) is 0.493. The Labute approximate surface area is 225 Å². The number of likely N-dealkylation sites (tertiary alicyclic amines) is 1. The van der Waals surface area contributed by atoms with Crippen molar-refractivity contribution in [2.24, 2.45) is 5.92 Å². The molecule has 6 rings (SSSR count). The minimum Gasteiger partial charge on any atom is -0.393 e. The minimum atomic E-state index is -0.251. The molecular formula is C30H41N5O3. The van der Waals surface area contributed by atoms with Crippen LogP contribution in [-0.4, -0.2) is 90.4 Å². The molecular weight excluding hydrogens is 478 g/mol. The number of nitrogens with zero attached hydrogens (tertiary/aromatic N) is 3.